The van der Waals surface area contributed by atoms with Crippen LogP contribution >= 0.6 is 11.6 Å². The Morgan fingerprint density at radius 1 is 1.15 bits per heavy atom. The molecule has 7 heteroatoms. The molecule has 0 spiro atoms. The maximum Gasteiger partial charge on any atom is 0.315 e. The Kier molecular flexibility index (Phi) is 5.04. The van der Waals surface area contributed by atoms with E-state index >= 15 is 0 Å². The third kappa shape index (κ3) is 3.72. The molecular formula is C20H26ClN5O. The minimum atomic E-state index is -0.596. The zero-order valence-electron chi connectivity index (χ0n) is 16.2. The van der Waals surface area contributed by atoms with Crippen LogP contribution in [0.25, 0.3) is 0 Å². The van der Waals surface area contributed by atoms with Crippen molar-refractivity contribution in [3.05, 3.63) is 52.9 Å². The first-order valence-electron chi connectivity index (χ1n) is 9.02. The molecule has 1 aromatic carbocycles. The number of anilines is 1. The number of nitrogens with two attached hydrogens (primary N) is 1. The van der Waals surface area contributed by atoms with Gasteiger partial charge in [-0.05, 0) is 23.5 Å². The number of carbonyl (C=O) groups is 1. The van der Waals surface area contributed by atoms with Crippen LogP contribution in [0.15, 0.2) is 36.7 Å². The molecule has 0 aliphatic carbocycles. The Morgan fingerprint density at radius 2 is 1.78 bits per heavy atom. The molecule has 2 heterocycles. The summed E-state index contributed by atoms with van der Waals surface area (Å²) in [6.07, 6.45) is 3.19. The van der Waals surface area contributed by atoms with Gasteiger partial charge in [0.05, 0.1) is 5.54 Å². The van der Waals surface area contributed by atoms with Crippen LogP contribution in [0, 0.1) is 0 Å². The number of piperazine rings is 1. The fourth-order valence-corrected chi connectivity index (χ4v) is 3.86. The number of benzene rings is 1. The van der Waals surface area contributed by atoms with Gasteiger partial charge in [0, 0.05) is 32.0 Å². The van der Waals surface area contributed by atoms with E-state index < -0.39 is 11.6 Å². The summed E-state index contributed by atoms with van der Waals surface area (Å²) in [5.74, 6) is 0.626. The zero-order valence-corrected chi connectivity index (χ0v) is 17.0. The number of halogens is 1. The number of hydrogen-bond acceptors (Lipinski definition) is 4. The van der Waals surface area contributed by atoms with Gasteiger partial charge in [-0.15, -0.1) is 0 Å². The molecule has 0 saturated carbocycles. The van der Waals surface area contributed by atoms with Gasteiger partial charge in [0.2, 0.25) is 0 Å². The third-order valence-electron chi connectivity index (χ3n) is 5.26. The van der Waals surface area contributed by atoms with Gasteiger partial charge >= 0.3 is 6.03 Å². The minimum absolute atomic E-state index is 0.0640. The lowest BCUT2D eigenvalue weighted by molar-refractivity contribution is 0.117. The first-order chi connectivity index (χ1) is 12.6. The van der Waals surface area contributed by atoms with Gasteiger partial charge in [0.1, 0.15) is 0 Å². The maximum absolute atomic E-state index is 12.2. The predicted octanol–water partition coefficient (Wildman–Crippen LogP) is 3.54. The summed E-state index contributed by atoms with van der Waals surface area (Å²) in [4.78, 5) is 24.4. The first kappa shape index (κ1) is 19.4. The smallest absolute Gasteiger partial charge is 0.315 e. The molecule has 3 rings (SSSR count). The van der Waals surface area contributed by atoms with Crippen LogP contribution in [-0.2, 0) is 11.0 Å². The number of carbonyl (C=O) groups excluding carboxylic acids is 1. The highest BCUT2D eigenvalue weighted by Crippen LogP contribution is 2.36. The highest BCUT2D eigenvalue weighted by atomic mass is 35.5. The van der Waals surface area contributed by atoms with E-state index in [0.717, 1.165) is 5.56 Å². The van der Waals surface area contributed by atoms with Crippen LogP contribution in [0.4, 0.5) is 10.6 Å². The summed E-state index contributed by atoms with van der Waals surface area (Å²) in [5.41, 5.74) is 7.44. The number of rotatable bonds is 2. The summed E-state index contributed by atoms with van der Waals surface area (Å²) in [5, 5.41) is 0.357. The van der Waals surface area contributed by atoms with E-state index in [2.05, 4.69) is 59.9 Å². The molecule has 27 heavy (non-hydrogen) atoms. The van der Waals surface area contributed by atoms with E-state index in [9.17, 15) is 4.79 Å². The van der Waals surface area contributed by atoms with E-state index in [-0.39, 0.29) is 5.41 Å². The van der Waals surface area contributed by atoms with Gasteiger partial charge in [0.25, 0.3) is 0 Å². The maximum atomic E-state index is 12.2. The van der Waals surface area contributed by atoms with E-state index in [4.69, 9.17) is 17.3 Å². The standard InChI is InChI=1S/C20H26ClN5O/c1-19(2,3)14-5-7-15(8-6-14)20(4)13-25(11-12-26(20)18(22)27)17-16(21)23-9-10-24-17/h5-10H,11-13H2,1-4H3,(H2,22,27). The number of aromatic nitrogens is 2. The summed E-state index contributed by atoms with van der Waals surface area (Å²) in [6, 6.07) is 7.97. The third-order valence-corrected chi connectivity index (χ3v) is 5.53. The van der Waals surface area contributed by atoms with Gasteiger partial charge < -0.3 is 15.5 Å². The van der Waals surface area contributed by atoms with Gasteiger partial charge in [-0.2, -0.15) is 0 Å². The number of nitrogens with zero attached hydrogens (tertiary/aromatic N) is 4. The molecule has 1 aromatic heterocycles. The van der Waals surface area contributed by atoms with Crippen LogP contribution in [0.5, 0.6) is 0 Å². The fraction of sp³-hybridized carbons (Fsp3) is 0.450. The van der Waals surface area contributed by atoms with E-state index in [1.54, 1.807) is 17.3 Å². The van der Waals surface area contributed by atoms with Crippen molar-refractivity contribution in [1.29, 1.82) is 0 Å². The highest BCUT2D eigenvalue weighted by Gasteiger charge is 2.42. The average Bonchev–Trinajstić information content (AvgIpc) is 2.61. The van der Waals surface area contributed by atoms with Crippen molar-refractivity contribution in [2.24, 2.45) is 5.73 Å². The second-order valence-electron chi connectivity index (χ2n) is 8.18. The molecule has 1 aliphatic rings. The van der Waals surface area contributed by atoms with Crippen molar-refractivity contribution in [1.82, 2.24) is 14.9 Å². The van der Waals surface area contributed by atoms with E-state index in [1.807, 2.05) is 6.92 Å². The Morgan fingerprint density at radius 3 is 2.33 bits per heavy atom. The summed E-state index contributed by atoms with van der Waals surface area (Å²) < 4.78 is 0. The van der Waals surface area contributed by atoms with Crippen molar-refractivity contribution in [2.75, 3.05) is 24.5 Å². The molecule has 2 N–H and O–H groups in total. The normalized spacial score (nSPS) is 20.6. The van der Waals surface area contributed by atoms with Crippen molar-refractivity contribution in [2.45, 2.75) is 38.6 Å². The number of amides is 2. The fourth-order valence-electron chi connectivity index (χ4n) is 3.64. The monoisotopic (exact) mass is 387 g/mol. The second-order valence-corrected chi connectivity index (χ2v) is 8.54. The molecule has 1 unspecified atom stereocenters. The lowest BCUT2D eigenvalue weighted by Crippen LogP contribution is -2.62. The molecule has 1 fully saturated rings. The Labute approximate surface area is 165 Å². The molecule has 1 saturated heterocycles. The highest BCUT2D eigenvalue weighted by molar-refractivity contribution is 6.31. The SMILES string of the molecule is CC(C)(C)c1ccc(C2(C)CN(c3nccnc3Cl)CCN2C(N)=O)cc1. The molecule has 1 atom stereocenters. The van der Waals surface area contributed by atoms with Crippen LogP contribution < -0.4 is 10.6 Å². The molecule has 2 amide bonds. The summed E-state index contributed by atoms with van der Waals surface area (Å²) >= 11 is 6.25. The zero-order chi connectivity index (χ0) is 19.8. The molecule has 2 aromatic rings. The first-order valence-corrected chi connectivity index (χ1v) is 9.40. The predicted molar refractivity (Wildman–Crippen MR) is 108 cm³/mol. The number of hydrogen-bond donors (Lipinski definition) is 1. The quantitative estimate of drug-likeness (QED) is 0.855. The molecule has 0 bridgehead atoms. The van der Waals surface area contributed by atoms with Crippen molar-refractivity contribution >= 4 is 23.4 Å². The molecule has 0 radical (unpaired) electrons. The van der Waals surface area contributed by atoms with Crippen molar-refractivity contribution in [3.8, 4) is 0 Å². The van der Waals surface area contributed by atoms with Gasteiger partial charge in [-0.1, -0.05) is 56.6 Å². The summed E-state index contributed by atoms with van der Waals surface area (Å²) in [7, 11) is 0. The Balaban J connectivity index is 1.99. The van der Waals surface area contributed by atoms with E-state index in [0.29, 0.717) is 30.6 Å². The number of urea groups is 1. The van der Waals surface area contributed by atoms with Crippen LogP contribution in [0.2, 0.25) is 5.15 Å². The minimum Gasteiger partial charge on any atom is -0.351 e. The van der Waals surface area contributed by atoms with Gasteiger partial charge in [0.15, 0.2) is 11.0 Å². The Bertz CT molecular complexity index is 833. The van der Waals surface area contributed by atoms with Gasteiger partial charge in [-0.25, -0.2) is 14.8 Å². The largest absolute Gasteiger partial charge is 0.351 e. The summed E-state index contributed by atoms with van der Waals surface area (Å²) in [6.45, 7) is 10.2. The molecule has 6 nitrogen and oxygen atoms in total. The van der Waals surface area contributed by atoms with Crippen molar-refractivity contribution < 1.29 is 4.79 Å². The van der Waals surface area contributed by atoms with Crippen LogP contribution in [-0.4, -0.2) is 40.5 Å². The molecule has 144 valence electrons. The van der Waals surface area contributed by atoms with Crippen LogP contribution in [0.3, 0.4) is 0 Å². The molecular weight excluding hydrogens is 362 g/mol. The molecule has 1 aliphatic heterocycles. The van der Waals surface area contributed by atoms with Crippen molar-refractivity contribution in [3.63, 3.8) is 0 Å². The second kappa shape index (κ2) is 7.00. The van der Waals surface area contributed by atoms with E-state index in [1.165, 1.54) is 5.56 Å². The Hall–Kier alpha value is -2.34. The van der Waals surface area contributed by atoms with Gasteiger partial charge in [-0.3, -0.25) is 0 Å². The lowest BCUT2D eigenvalue weighted by Gasteiger charge is -2.49. The number of primary amides is 1. The van der Waals surface area contributed by atoms with Crippen LogP contribution in [0.1, 0.15) is 38.8 Å². The topological polar surface area (TPSA) is 75.3 Å². The average molecular weight is 388 g/mol. The lowest BCUT2D eigenvalue weighted by atomic mass is 9.82.